The number of hydrogen-bond acceptors (Lipinski definition) is 5. The Hall–Kier alpha value is -2.25. The Morgan fingerprint density at radius 1 is 1.13 bits per heavy atom. The zero-order chi connectivity index (χ0) is 21.2. The van der Waals surface area contributed by atoms with Gasteiger partial charge in [0.1, 0.15) is 5.82 Å². The zero-order valence-electron chi connectivity index (χ0n) is 18.2. The van der Waals surface area contributed by atoms with Crippen molar-refractivity contribution >= 4 is 23.5 Å². The molecule has 1 aromatic carbocycles. The summed E-state index contributed by atoms with van der Waals surface area (Å²) in [4.78, 5) is 12.9. The third-order valence-corrected chi connectivity index (χ3v) is 5.74. The summed E-state index contributed by atoms with van der Waals surface area (Å²) in [5.41, 5.74) is 1.10. The Kier molecular flexibility index (Phi) is 8.83. The van der Waals surface area contributed by atoms with Gasteiger partial charge in [-0.1, -0.05) is 24.3 Å². The summed E-state index contributed by atoms with van der Waals surface area (Å²) >= 11 is 1.84. The number of anilines is 1. The normalized spacial score (nSPS) is 19.6. The van der Waals surface area contributed by atoms with Crippen LogP contribution in [0.2, 0.25) is 0 Å². The van der Waals surface area contributed by atoms with Crippen LogP contribution in [0.1, 0.15) is 26.3 Å². The van der Waals surface area contributed by atoms with Gasteiger partial charge in [-0.25, -0.2) is 9.98 Å². The van der Waals surface area contributed by atoms with Gasteiger partial charge in [0.2, 0.25) is 0 Å². The highest BCUT2D eigenvalue weighted by atomic mass is 32.2. The summed E-state index contributed by atoms with van der Waals surface area (Å²) in [6.45, 7) is 10.4. The first kappa shape index (κ1) is 22.4. The molecule has 1 fully saturated rings. The Balaban J connectivity index is 1.48. The molecule has 30 heavy (non-hydrogen) atoms. The number of pyridine rings is 1. The minimum absolute atomic E-state index is 0.230. The largest absolute Gasteiger partial charge is 0.372 e. The van der Waals surface area contributed by atoms with Crippen molar-refractivity contribution in [1.82, 2.24) is 15.6 Å². The first-order valence-corrected chi connectivity index (χ1v) is 11.7. The van der Waals surface area contributed by atoms with Crippen LogP contribution in [0.25, 0.3) is 0 Å². The molecule has 0 aliphatic carbocycles. The predicted octanol–water partition coefficient (Wildman–Crippen LogP) is 3.54. The van der Waals surface area contributed by atoms with Gasteiger partial charge in [0.15, 0.2) is 5.96 Å². The maximum absolute atomic E-state index is 5.81. The molecule has 0 saturated carbocycles. The fraction of sp³-hybridized carbons (Fsp3) is 0.478. The van der Waals surface area contributed by atoms with Crippen LogP contribution in [0.15, 0.2) is 58.5 Å². The van der Waals surface area contributed by atoms with Gasteiger partial charge >= 0.3 is 0 Å². The van der Waals surface area contributed by atoms with E-state index in [1.54, 1.807) is 0 Å². The molecule has 1 saturated heterocycles. The lowest BCUT2D eigenvalue weighted by atomic mass is 10.2. The van der Waals surface area contributed by atoms with Crippen molar-refractivity contribution in [3.8, 4) is 0 Å². The fourth-order valence-corrected chi connectivity index (χ4v) is 4.22. The first-order valence-electron chi connectivity index (χ1n) is 10.7. The summed E-state index contributed by atoms with van der Waals surface area (Å²) in [7, 11) is 0. The van der Waals surface area contributed by atoms with E-state index in [4.69, 9.17) is 9.73 Å². The highest BCUT2D eigenvalue weighted by molar-refractivity contribution is 7.99. The van der Waals surface area contributed by atoms with Gasteiger partial charge < -0.3 is 20.3 Å². The molecule has 0 amide bonds. The molecule has 0 spiro atoms. The molecule has 0 radical (unpaired) electrons. The van der Waals surface area contributed by atoms with Crippen LogP contribution in [0.5, 0.6) is 0 Å². The lowest BCUT2D eigenvalue weighted by Crippen LogP contribution is -2.45. The number of hydrogen-bond donors (Lipinski definition) is 2. The second-order valence-corrected chi connectivity index (χ2v) is 8.64. The first-order chi connectivity index (χ1) is 14.6. The van der Waals surface area contributed by atoms with Gasteiger partial charge in [0, 0.05) is 43.0 Å². The lowest BCUT2D eigenvalue weighted by molar-refractivity contribution is -0.00545. The zero-order valence-corrected chi connectivity index (χ0v) is 19.0. The van der Waals surface area contributed by atoms with Crippen molar-refractivity contribution in [2.45, 2.75) is 44.4 Å². The van der Waals surface area contributed by atoms with Gasteiger partial charge in [-0.3, -0.25) is 0 Å². The summed E-state index contributed by atoms with van der Waals surface area (Å²) < 4.78 is 5.81. The van der Waals surface area contributed by atoms with Gasteiger partial charge in [0.25, 0.3) is 0 Å². The maximum Gasteiger partial charge on any atom is 0.191 e. The molecule has 7 heteroatoms. The lowest BCUT2D eigenvalue weighted by Gasteiger charge is -2.36. The minimum Gasteiger partial charge on any atom is -0.372 e. The quantitative estimate of drug-likeness (QED) is 0.291. The molecule has 6 nitrogen and oxygen atoms in total. The highest BCUT2D eigenvalue weighted by Gasteiger charge is 2.22. The van der Waals surface area contributed by atoms with Gasteiger partial charge in [-0.15, -0.1) is 11.8 Å². The van der Waals surface area contributed by atoms with Crippen LogP contribution in [-0.4, -0.2) is 55.1 Å². The number of rotatable bonds is 8. The van der Waals surface area contributed by atoms with Crippen LogP contribution < -0.4 is 15.5 Å². The van der Waals surface area contributed by atoms with E-state index in [-0.39, 0.29) is 12.2 Å². The topological polar surface area (TPSA) is 61.8 Å². The molecule has 162 valence electrons. The van der Waals surface area contributed by atoms with Crippen LogP contribution in [0.3, 0.4) is 0 Å². The molecule has 2 N–H and O–H groups in total. The number of nitrogens with one attached hydrogen (secondary N) is 2. The molecular formula is C23H33N5OS. The van der Waals surface area contributed by atoms with E-state index in [1.165, 1.54) is 4.90 Å². The predicted molar refractivity (Wildman–Crippen MR) is 126 cm³/mol. The van der Waals surface area contributed by atoms with Gasteiger partial charge in [0.05, 0.1) is 18.8 Å². The number of benzene rings is 1. The van der Waals surface area contributed by atoms with E-state index < -0.39 is 0 Å². The van der Waals surface area contributed by atoms with Crippen molar-refractivity contribution in [3.63, 3.8) is 0 Å². The average molecular weight is 428 g/mol. The number of aliphatic imine (C=N–C) groups is 1. The second kappa shape index (κ2) is 11.8. The van der Waals surface area contributed by atoms with E-state index in [0.29, 0.717) is 6.54 Å². The number of morpholine rings is 1. The van der Waals surface area contributed by atoms with E-state index in [1.807, 2.05) is 24.0 Å². The van der Waals surface area contributed by atoms with Crippen LogP contribution in [0.4, 0.5) is 5.82 Å². The van der Waals surface area contributed by atoms with Crippen molar-refractivity contribution < 1.29 is 4.74 Å². The maximum atomic E-state index is 5.81. The van der Waals surface area contributed by atoms with Crippen molar-refractivity contribution in [1.29, 1.82) is 0 Å². The molecule has 2 aromatic rings. The van der Waals surface area contributed by atoms with Crippen LogP contribution in [-0.2, 0) is 11.3 Å². The van der Waals surface area contributed by atoms with Crippen LogP contribution in [0, 0.1) is 0 Å². The number of aromatic nitrogens is 1. The molecule has 1 aromatic heterocycles. The second-order valence-electron chi connectivity index (χ2n) is 7.47. The smallest absolute Gasteiger partial charge is 0.191 e. The monoisotopic (exact) mass is 427 g/mol. The molecule has 1 aliphatic heterocycles. The molecule has 3 rings (SSSR count). The fourth-order valence-electron chi connectivity index (χ4n) is 3.43. The molecule has 0 bridgehead atoms. The average Bonchev–Trinajstić information content (AvgIpc) is 2.75. The number of ether oxygens (including phenoxy) is 1. The highest BCUT2D eigenvalue weighted by Crippen LogP contribution is 2.19. The molecule has 2 unspecified atom stereocenters. The molecule has 2 atom stereocenters. The van der Waals surface area contributed by atoms with E-state index in [2.05, 4.69) is 77.7 Å². The Labute approximate surface area is 184 Å². The van der Waals surface area contributed by atoms with Crippen molar-refractivity contribution in [3.05, 3.63) is 54.2 Å². The number of guanidine groups is 1. The van der Waals surface area contributed by atoms with Crippen molar-refractivity contribution in [2.75, 3.05) is 36.8 Å². The summed E-state index contributed by atoms with van der Waals surface area (Å²) in [6, 6.07) is 14.7. The SMILES string of the molecule is CCNC(=NCc1ccc(N2CC(C)OC(C)C2)nc1)NCCSc1ccccc1. The van der Waals surface area contributed by atoms with E-state index >= 15 is 0 Å². The third-order valence-electron chi connectivity index (χ3n) is 4.72. The summed E-state index contributed by atoms with van der Waals surface area (Å²) in [5.74, 6) is 2.83. The Morgan fingerprint density at radius 3 is 2.57 bits per heavy atom. The van der Waals surface area contributed by atoms with Gasteiger partial charge in [-0.2, -0.15) is 0 Å². The number of thioether (sulfide) groups is 1. The molecular weight excluding hydrogens is 394 g/mol. The Morgan fingerprint density at radius 2 is 1.90 bits per heavy atom. The molecule has 2 heterocycles. The van der Waals surface area contributed by atoms with Gasteiger partial charge in [-0.05, 0) is 44.5 Å². The third kappa shape index (κ3) is 7.22. The van der Waals surface area contributed by atoms with Crippen molar-refractivity contribution in [2.24, 2.45) is 4.99 Å². The minimum atomic E-state index is 0.230. The summed E-state index contributed by atoms with van der Waals surface area (Å²) in [5, 5.41) is 6.72. The van der Waals surface area contributed by atoms with E-state index in [0.717, 1.165) is 49.3 Å². The Bertz CT molecular complexity index is 774. The van der Waals surface area contributed by atoms with E-state index in [9.17, 15) is 0 Å². The van der Waals surface area contributed by atoms with Crippen LogP contribution >= 0.6 is 11.8 Å². The summed E-state index contributed by atoms with van der Waals surface area (Å²) in [6.07, 6.45) is 2.39. The number of nitrogens with zero attached hydrogens (tertiary/aromatic N) is 3. The standard InChI is InChI=1S/C23H33N5OS/c1-4-24-23(25-12-13-30-21-8-6-5-7-9-21)27-15-20-10-11-22(26-14-20)28-16-18(2)29-19(3)17-28/h5-11,14,18-19H,4,12-13,15-17H2,1-3H3,(H2,24,25,27). The molecule has 1 aliphatic rings.